The van der Waals surface area contributed by atoms with Crippen LogP contribution in [0.2, 0.25) is 0 Å². The van der Waals surface area contributed by atoms with Crippen molar-refractivity contribution in [2.45, 2.75) is 56.1 Å². The van der Waals surface area contributed by atoms with Gasteiger partial charge in [0.25, 0.3) is 0 Å². The average Bonchev–Trinajstić information content (AvgIpc) is 2.54. The summed E-state index contributed by atoms with van der Waals surface area (Å²) in [5.74, 6) is 0.536. The molecule has 2 N–H and O–H groups in total. The number of hydrogen-bond donors (Lipinski definition) is 2. The van der Waals surface area contributed by atoms with Crippen LogP contribution in [-0.2, 0) is 10.5 Å². The summed E-state index contributed by atoms with van der Waals surface area (Å²) in [4.78, 5) is 23.9. The van der Waals surface area contributed by atoms with Crippen LogP contribution in [-0.4, -0.2) is 23.2 Å². The minimum Gasteiger partial charge on any atom is -0.335 e. The number of rotatable bonds is 5. The first-order valence-corrected chi connectivity index (χ1v) is 8.97. The molecule has 0 radical (unpaired) electrons. The van der Waals surface area contributed by atoms with E-state index < -0.39 is 0 Å². The lowest BCUT2D eigenvalue weighted by Gasteiger charge is -2.23. The number of imide groups is 1. The van der Waals surface area contributed by atoms with Crippen molar-refractivity contribution in [1.82, 2.24) is 10.6 Å². The minimum atomic E-state index is -0.357. The van der Waals surface area contributed by atoms with E-state index in [2.05, 4.69) is 10.6 Å². The summed E-state index contributed by atoms with van der Waals surface area (Å²) in [5.41, 5.74) is 1.18. The number of carbonyl (C=O) groups excluding carboxylic acids is 2. The Kier molecular flexibility index (Phi) is 6.77. The molecule has 0 aromatic heterocycles. The van der Waals surface area contributed by atoms with Gasteiger partial charge < -0.3 is 5.32 Å². The van der Waals surface area contributed by atoms with E-state index in [0.717, 1.165) is 31.4 Å². The van der Waals surface area contributed by atoms with Crippen LogP contribution in [0, 0.1) is 0 Å². The molecule has 0 unspecified atom stereocenters. The minimum absolute atomic E-state index is 0.217. The zero-order chi connectivity index (χ0) is 15.8. The first kappa shape index (κ1) is 16.9. The van der Waals surface area contributed by atoms with Crippen molar-refractivity contribution in [1.29, 1.82) is 0 Å². The highest BCUT2D eigenvalue weighted by atomic mass is 32.2. The summed E-state index contributed by atoms with van der Waals surface area (Å²) in [5, 5.41) is 5.10. The molecule has 1 fully saturated rings. The fraction of sp³-hybridized carbons (Fsp3) is 0.529. The fourth-order valence-electron chi connectivity index (χ4n) is 2.55. The lowest BCUT2D eigenvalue weighted by atomic mass is 9.96. The predicted molar refractivity (Wildman–Crippen MR) is 90.7 cm³/mol. The monoisotopic (exact) mass is 320 g/mol. The summed E-state index contributed by atoms with van der Waals surface area (Å²) >= 11 is 1.53. The molecule has 120 valence electrons. The number of hydrogen-bond acceptors (Lipinski definition) is 3. The van der Waals surface area contributed by atoms with Gasteiger partial charge >= 0.3 is 6.03 Å². The summed E-state index contributed by atoms with van der Waals surface area (Å²) in [6, 6.07) is 9.87. The Morgan fingerprint density at radius 1 is 1.18 bits per heavy atom. The van der Waals surface area contributed by atoms with Crippen molar-refractivity contribution in [2.75, 3.05) is 0 Å². The number of urea groups is 1. The molecule has 2 rings (SSSR count). The standard InChI is InChI=1S/C17H24N2O2S/c1-13(22-12-14-8-4-2-5-9-14)16(20)19-17(21)18-15-10-6-3-7-11-15/h2,4-5,8-9,13,15H,3,6-7,10-12H2,1H3,(H2,18,19,20,21)/t13-/m0/s1. The van der Waals surface area contributed by atoms with Crippen molar-refractivity contribution >= 4 is 23.7 Å². The third kappa shape index (κ3) is 5.72. The van der Waals surface area contributed by atoms with Gasteiger partial charge in [-0.1, -0.05) is 49.6 Å². The molecule has 0 heterocycles. The van der Waals surface area contributed by atoms with Crippen molar-refractivity contribution < 1.29 is 9.59 Å². The maximum absolute atomic E-state index is 12.0. The van der Waals surface area contributed by atoms with Crippen LogP contribution in [0.25, 0.3) is 0 Å². The molecule has 4 nitrogen and oxygen atoms in total. The molecule has 3 amide bonds. The number of thioether (sulfide) groups is 1. The molecule has 0 bridgehead atoms. The molecule has 1 saturated carbocycles. The highest BCUT2D eigenvalue weighted by molar-refractivity contribution is 7.99. The van der Waals surface area contributed by atoms with E-state index in [1.54, 1.807) is 0 Å². The first-order valence-electron chi connectivity index (χ1n) is 7.92. The highest BCUT2D eigenvalue weighted by Gasteiger charge is 2.19. The lowest BCUT2D eigenvalue weighted by molar-refractivity contribution is -0.119. The molecule has 22 heavy (non-hydrogen) atoms. The Morgan fingerprint density at radius 3 is 2.55 bits per heavy atom. The van der Waals surface area contributed by atoms with Crippen LogP contribution in [0.5, 0.6) is 0 Å². The van der Waals surface area contributed by atoms with Gasteiger partial charge in [0.1, 0.15) is 0 Å². The molecule has 1 aromatic carbocycles. The van der Waals surface area contributed by atoms with Gasteiger partial charge in [-0.2, -0.15) is 0 Å². The Hall–Kier alpha value is -1.49. The third-order valence-corrected chi connectivity index (χ3v) is 5.10. The Labute approximate surface area is 136 Å². The molecule has 5 heteroatoms. The summed E-state index contributed by atoms with van der Waals surface area (Å²) < 4.78 is 0. The Bertz CT molecular complexity index is 487. The molecule has 0 saturated heterocycles. The van der Waals surface area contributed by atoms with E-state index in [4.69, 9.17) is 0 Å². The zero-order valence-corrected chi connectivity index (χ0v) is 13.8. The van der Waals surface area contributed by atoms with Gasteiger partial charge in [-0.05, 0) is 25.3 Å². The predicted octanol–water partition coefficient (Wildman–Crippen LogP) is 3.47. The van der Waals surface area contributed by atoms with Gasteiger partial charge in [-0.3, -0.25) is 10.1 Å². The first-order chi connectivity index (χ1) is 10.6. The molecule has 0 spiro atoms. The molecule has 1 atom stereocenters. The van der Waals surface area contributed by atoms with Crippen LogP contribution < -0.4 is 10.6 Å². The van der Waals surface area contributed by atoms with Gasteiger partial charge in [-0.25, -0.2) is 4.79 Å². The van der Waals surface area contributed by atoms with Crippen LogP contribution in [0.3, 0.4) is 0 Å². The third-order valence-electron chi connectivity index (χ3n) is 3.89. The van der Waals surface area contributed by atoms with Crippen molar-refractivity contribution in [3.63, 3.8) is 0 Å². The van der Waals surface area contributed by atoms with Gasteiger partial charge in [0.2, 0.25) is 5.91 Å². The summed E-state index contributed by atoms with van der Waals surface area (Å²) in [6.45, 7) is 1.83. The molecular formula is C17H24N2O2S. The van der Waals surface area contributed by atoms with E-state index in [-0.39, 0.29) is 23.2 Å². The quantitative estimate of drug-likeness (QED) is 0.873. The maximum atomic E-state index is 12.0. The van der Waals surface area contributed by atoms with E-state index >= 15 is 0 Å². The lowest BCUT2D eigenvalue weighted by Crippen LogP contribution is -2.47. The number of carbonyl (C=O) groups is 2. The van der Waals surface area contributed by atoms with E-state index in [1.807, 2.05) is 37.3 Å². The number of amides is 3. The average molecular weight is 320 g/mol. The topological polar surface area (TPSA) is 58.2 Å². The van der Waals surface area contributed by atoms with Crippen molar-refractivity contribution in [3.8, 4) is 0 Å². The highest BCUT2D eigenvalue weighted by Crippen LogP contribution is 2.18. The maximum Gasteiger partial charge on any atom is 0.321 e. The Balaban J connectivity index is 1.69. The van der Waals surface area contributed by atoms with Crippen molar-refractivity contribution in [3.05, 3.63) is 35.9 Å². The molecule has 0 aliphatic heterocycles. The summed E-state index contributed by atoms with van der Waals surface area (Å²) in [7, 11) is 0. The number of benzene rings is 1. The second-order valence-corrected chi connectivity index (χ2v) is 7.07. The van der Waals surface area contributed by atoms with Gasteiger partial charge in [0, 0.05) is 11.8 Å². The second-order valence-electron chi connectivity index (χ2n) is 5.74. The van der Waals surface area contributed by atoms with Crippen LogP contribution in [0.4, 0.5) is 4.79 Å². The molecule has 1 aliphatic carbocycles. The normalized spacial score (nSPS) is 16.8. The second kappa shape index (κ2) is 8.83. The van der Waals surface area contributed by atoms with E-state index in [9.17, 15) is 9.59 Å². The smallest absolute Gasteiger partial charge is 0.321 e. The number of nitrogens with one attached hydrogen (secondary N) is 2. The van der Waals surface area contributed by atoms with Gasteiger partial charge in [0.15, 0.2) is 0 Å². The molecule has 1 aliphatic rings. The van der Waals surface area contributed by atoms with Crippen LogP contribution >= 0.6 is 11.8 Å². The molecule has 1 aromatic rings. The molecular weight excluding hydrogens is 296 g/mol. The van der Waals surface area contributed by atoms with E-state index in [1.165, 1.54) is 23.7 Å². The fourth-order valence-corrected chi connectivity index (χ4v) is 3.40. The zero-order valence-electron chi connectivity index (χ0n) is 13.0. The SMILES string of the molecule is C[C@H](SCc1ccccc1)C(=O)NC(=O)NC1CCCCC1. The van der Waals surface area contributed by atoms with Crippen LogP contribution in [0.1, 0.15) is 44.6 Å². The van der Waals surface area contributed by atoms with E-state index in [0.29, 0.717) is 0 Å². The van der Waals surface area contributed by atoms with Gasteiger partial charge in [-0.15, -0.1) is 11.8 Å². The van der Waals surface area contributed by atoms with Crippen LogP contribution in [0.15, 0.2) is 30.3 Å². The summed E-state index contributed by atoms with van der Waals surface area (Å²) in [6.07, 6.45) is 5.58. The van der Waals surface area contributed by atoms with Crippen molar-refractivity contribution in [2.24, 2.45) is 0 Å². The largest absolute Gasteiger partial charge is 0.335 e. The van der Waals surface area contributed by atoms with Gasteiger partial charge in [0.05, 0.1) is 5.25 Å². The Morgan fingerprint density at radius 2 is 1.86 bits per heavy atom.